The molecule has 2 fully saturated rings. The van der Waals surface area contributed by atoms with Gasteiger partial charge in [-0.3, -0.25) is 9.69 Å². The molecule has 0 aromatic heterocycles. The number of β-amino-alcohol motifs (C(OH)–C–C–N with tert-alkyl or cyclic N) is 1. The molecule has 0 aromatic rings. The third-order valence-corrected chi connectivity index (χ3v) is 4.74. The van der Waals surface area contributed by atoms with Crippen LogP contribution in [0.25, 0.3) is 0 Å². The summed E-state index contributed by atoms with van der Waals surface area (Å²) in [6.45, 7) is 12.5. The van der Waals surface area contributed by atoms with Gasteiger partial charge in [-0.25, -0.2) is 0 Å². The Bertz CT molecular complexity index is 369. The number of rotatable bonds is 6. The van der Waals surface area contributed by atoms with E-state index in [4.69, 9.17) is 4.74 Å². The Labute approximate surface area is 134 Å². The number of hydrogen-bond acceptors (Lipinski definition) is 4. The summed E-state index contributed by atoms with van der Waals surface area (Å²) in [6.07, 6.45) is 1.83. The molecule has 2 atom stereocenters. The minimum absolute atomic E-state index is 0.0991. The molecule has 1 N–H and O–H groups in total. The maximum absolute atomic E-state index is 12.4. The van der Waals surface area contributed by atoms with Crippen LogP contribution < -0.4 is 0 Å². The molecule has 2 aliphatic rings. The van der Waals surface area contributed by atoms with Gasteiger partial charge in [0.05, 0.1) is 12.7 Å². The summed E-state index contributed by atoms with van der Waals surface area (Å²) in [7, 11) is 0. The zero-order chi connectivity index (χ0) is 16.3. The number of amides is 1. The monoisotopic (exact) mass is 312 g/mol. The Balaban J connectivity index is 1.70. The second-order valence-electron chi connectivity index (χ2n) is 7.93. The van der Waals surface area contributed by atoms with Crippen molar-refractivity contribution in [3.05, 3.63) is 0 Å². The van der Waals surface area contributed by atoms with Gasteiger partial charge in [0.1, 0.15) is 6.10 Å². The van der Waals surface area contributed by atoms with E-state index in [0.29, 0.717) is 12.5 Å². The van der Waals surface area contributed by atoms with Gasteiger partial charge in [0.25, 0.3) is 5.91 Å². The van der Waals surface area contributed by atoms with E-state index in [1.807, 2.05) is 11.8 Å². The van der Waals surface area contributed by atoms with E-state index in [2.05, 4.69) is 25.7 Å². The maximum Gasteiger partial charge on any atom is 0.251 e. The van der Waals surface area contributed by atoms with Crippen LogP contribution in [0.15, 0.2) is 0 Å². The third kappa shape index (κ3) is 5.21. The molecule has 0 aromatic carbocycles. The van der Waals surface area contributed by atoms with Gasteiger partial charge in [-0.1, -0.05) is 20.8 Å². The van der Waals surface area contributed by atoms with Gasteiger partial charge in [0.15, 0.2) is 0 Å². The van der Waals surface area contributed by atoms with Crippen LogP contribution in [-0.2, 0) is 9.53 Å². The van der Waals surface area contributed by atoms with Gasteiger partial charge >= 0.3 is 0 Å². The molecule has 5 heteroatoms. The summed E-state index contributed by atoms with van der Waals surface area (Å²) in [5, 5.41) is 10.2. The number of carbonyl (C=O) groups is 1. The summed E-state index contributed by atoms with van der Waals surface area (Å²) >= 11 is 0. The lowest BCUT2D eigenvalue weighted by Gasteiger charge is -2.38. The highest BCUT2D eigenvalue weighted by Crippen LogP contribution is 2.29. The van der Waals surface area contributed by atoms with E-state index >= 15 is 0 Å². The highest BCUT2D eigenvalue weighted by molar-refractivity contribution is 5.80. The van der Waals surface area contributed by atoms with Crippen LogP contribution in [0.2, 0.25) is 0 Å². The van der Waals surface area contributed by atoms with Gasteiger partial charge in [-0.15, -0.1) is 0 Å². The summed E-state index contributed by atoms with van der Waals surface area (Å²) in [4.78, 5) is 16.5. The quantitative estimate of drug-likeness (QED) is 0.804. The van der Waals surface area contributed by atoms with E-state index in [9.17, 15) is 9.90 Å². The van der Waals surface area contributed by atoms with Crippen molar-refractivity contribution in [2.45, 2.75) is 52.7 Å². The third-order valence-electron chi connectivity index (χ3n) is 4.74. The van der Waals surface area contributed by atoms with Crippen molar-refractivity contribution in [1.82, 2.24) is 9.80 Å². The topological polar surface area (TPSA) is 53.0 Å². The molecular formula is C17H32N2O3. The van der Waals surface area contributed by atoms with E-state index in [1.54, 1.807) is 0 Å². The molecule has 1 heterocycles. The predicted octanol–water partition coefficient (Wildman–Crippen LogP) is 1.35. The van der Waals surface area contributed by atoms with Crippen molar-refractivity contribution in [3.63, 3.8) is 0 Å². The fourth-order valence-electron chi connectivity index (χ4n) is 2.56. The Kier molecular flexibility index (Phi) is 5.86. The molecule has 2 rings (SSSR count). The summed E-state index contributed by atoms with van der Waals surface area (Å²) in [5.41, 5.74) is -0.0991. The minimum Gasteiger partial charge on any atom is -0.391 e. The van der Waals surface area contributed by atoms with E-state index < -0.39 is 0 Å². The number of nitrogens with zero attached hydrogens (tertiary/aromatic N) is 2. The molecular weight excluding hydrogens is 280 g/mol. The molecule has 22 heavy (non-hydrogen) atoms. The molecule has 1 aliphatic carbocycles. The first-order valence-electron chi connectivity index (χ1n) is 8.58. The molecule has 1 aliphatic heterocycles. The van der Waals surface area contributed by atoms with Gasteiger partial charge < -0.3 is 14.7 Å². The normalized spacial score (nSPS) is 23.4. The van der Waals surface area contributed by atoms with Crippen molar-refractivity contribution in [2.24, 2.45) is 11.3 Å². The zero-order valence-corrected chi connectivity index (χ0v) is 14.5. The van der Waals surface area contributed by atoms with Gasteiger partial charge in [0, 0.05) is 32.7 Å². The van der Waals surface area contributed by atoms with Gasteiger partial charge in [-0.05, 0) is 31.1 Å². The molecule has 1 saturated heterocycles. The summed E-state index contributed by atoms with van der Waals surface area (Å²) in [6, 6.07) is 0. The average Bonchev–Trinajstić information content (AvgIpc) is 3.28. The number of aliphatic hydroxyl groups is 1. The first-order chi connectivity index (χ1) is 10.3. The van der Waals surface area contributed by atoms with Crippen molar-refractivity contribution >= 4 is 5.91 Å². The molecule has 0 spiro atoms. The molecule has 0 bridgehead atoms. The van der Waals surface area contributed by atoms with E-state index in [1.165, 1.54) is 12.8 Å². The van der Waals surface area contributed by atoms with Crippen LogP contribution in [0.5, 0.6) is 0 Å². The highest BCUT2D eigenvalue weighted by atomic mass is 16.5. The maximum atomic E-state index is 12.4. The number of aliphatic hydroxyl groups excluding tert-OH is 1. The molecule has 128 valence electrons. The summed E-state index contributed by atoms with van der Waals surface area (Å²) in [5.74, 6) is 0.794. The van der Waals surface area contributed by atoms with Crippen LogP contribution in [0.3, 0.4) is 0 Å². The Hall–Kier alpha value is -0.650. The molecule has 5 nitrogen and oxygen atoms in total. The van der Waals surface area contributed by atoms with Crippen LogP contribution in [-0.4, -0.2) is 72.4 Å². The lowest BCUT2D eigenvalue weighted by molar-refractivity contribution is -0.145. The molecule has 1 amide bonds. The second-order valence-corrected chi connectivity index (χ2v) is 7.93. The fourth-order valence-corrected chi connectivity index (χ4v) is 2.56. The first kappa shape index (κ1) is 17.7. The minimum atomic E-state index is -0.337. The Morgan fingerprint density at radius 2 is 1.82 bits per heavy atom. The van der Waals surface area contributed by atoms with Gasteiger partial charge in [-0.2, -0.15) is 0 Å². The Morgan fingerprint density at radius 3 is 2.32 bits per heavy atom. The largest absolute Gasteiger partial charge is 0.391 e. The zero-order valence-electron chi connectivity index (χ0n) is 14.5. The fraction of sp³-hybridized carbons (Fsp3) is 0.941. The lowest BCUT2D eigenvalue weighted by atomic mass is 9.89. The standard InChI is InChI=1S/C17H32N2O3/c1-13(22-12-14-5-6-14)16(21)19-9-7-18(8-10-19)11-15(20)17(2,3)4/h13-15,20H,5-12H2,1-4H3/t13-,15-/m1/s1. The van der Waals surface area contributed by atoms with Crippen molar-refractivity contribution in [2.75, 3.05) is 39.3 Å². The molecule has 1 saturated carbocycles. The number of ether oxygens (including phenoxy) is 1. The number of carbonyl (C=O) groups excluding carboxylic acids is 1. The SMILES string of the molecule is C[C@@H](OCC1CC1)C(=O)N1CCN(C[C@@H](O)C(C)(C)C)CC1. The highest BCUT2D eigenvalue weighted by Gasteiger charge is 2.30. The lowest BCUT2D eigenvalue weighted by Crippen LogP contribution is -2.53. The number of hydrogen-bond donors (Lipinski definition) is 1. The first-order valence-corrected chi connectivity index (χ1v) is 8.58. The van der Waals surface area contributed by atoms with Crippen molar-refractivity contribution in [1.29, 1.82) is 0 Å². The van der Waals surface area contributed by atoms with Crippen LogP contribution in [0, 0.1) is 11.3 Å². The van der Waals surface area contributed by atoms with Crippen LogP contribution in [0.4, 0.5) is 0 Å². The molecule has 0 unspecified atom stereocenters. The Morgan fingerprint density at radius 1 is 1.23 bits per heavy atom. The second kappa shape index (κ2) is 7.28. The van der Waals surface area contributed by atoms with Crippen molar-refractivity contribution < 1.29 is 14.6 Å². The number of piperazine rings is 1. The smallest absolute Gasteiger partial charge is 0.251 e. The van der Waals surface area contributed by atoms with Crippen LogP contribution in [0.1, 0.15) is 40.5 Å². The predicted molar refractivity (Wildman–Crippen MR) is 86.6 cm³/mol. The van der Waals surface area contributed by atoms with Crippen molar-refractivity contribution in [3.8, 4) is 0 Å². The summed E-state index contributed by atoms with van der Waals surface area (Å²) < 4.78 is 5.67. The van der Waals surface area contributed by atoms with E-state index in [0.717, 1.165) is 32.8 Å². The van der Waals surface area contributed by atoms with E-state index in [-0.39, 0.29) is 23.5 Å². The van der Waals surface area contributed by atoms with Gasteiger partial charge in [0.2, 0.25) is 0 Å². The average molecular weight is 312 g/mol. The van der Waals surface area contributed by atoms with Crippen LogP contribution >= 0.6 is 0 Å². The molecule has 0 radical (unpaired) electrons.